The van der Waals surface area contributed by atoms with Crippen molar-refractivity contribution in [2.45, 2.75) is 0 Å². The van der Waals surface area contributed by atoms with Gasteiger partial charge in [0.15, 0.2) is 0 Å². The number of para-hydroxylation sites is 1. The Labute approximate surface area is 144 Å². The first kappa shape index (κ1) is 15.0. The maximum atomic E-state index is 12.6. The Morgan fingerprint density at radius 2 is 1.36 bits per heavy atom. The van der Waals surface area contributed by atoms with Crippen LogP contribution in [-0.4, -0.2) is 11.8 Å². The number of nitrogens with one attached hydrogen (secondary N) is 1. The van der Waals surface area contributed by atoms with E-state index in [9.17, 15) is 9.59 Å². The maximum absolute atomic E-state index is 12.6. The molecule has 1 aliphatic rings. The van der Waals surface area contributed by atoms with Gasteiger partial charge in [-0.1, -0.05) is 18.2 Å². The predicted octanol–water partition coefficient (Wildman–Crippen LogP) is 3.81. The van der Waals surface area contributed by atoms with Gasteiger partial charge < -0.3 is 11.1 Å². The number of hydrogen-bond acceptors (Lipinski definition) is 4. The van der Waals surface area contributed by atoms with Crippen LogP contribution in [0, 0.1) is 0 Å². The lowest BCUT2D eigenvalue weighted by Gasteiger charge is -2.15. The molecule has 0 saturated carbocycles. The average molecular weight is 329 g/mol. The lowest BCUT2D eigenvalue weighted by atomic mass is 10.1. The summed E-state index contributed by atoms with van der Waals surface area (Å²) in [5, 5.41) is 3.26. The Kier molecular flexibility index (Phi) is 3.47. The smallest absolute Gasteiger partial charge is 0.266 e. The number of nitrogens with zero attached hydrogens (tertiary/aromatic N) is 1. The van der Waals surface area contributed by atoms with Crippen molar-refractivity contribution >= 4 is 34.6 Å². The van der Waals surface area contributed by atoms with Gasteiger partial charge in [-0.15, -0.1) is 0 Å². The van der Waals surface area contributed by atoms with E-state index in [2.05, 4.69) is 5.32 Å². The molecule has 0 bridgehead atoms. The molecule has 5 nitrogen and oxygen atoms in total. The van der Waals surface area contributed by atoms with Gasteiger partial charge in [0.05, 0.1) is 16.8 Å². The molecule has 0 aromatic heterocycles. The molecule has 122 valence electrons. The third kappa shape index (κ3) is 2.61. The number of amides is 2. The molecule has 25 heavy (non-hydrogen) atoms. The zero-order valence-electron chi connectivity index (χ0n) is 13.3. The second kappa shape index (κ2) is 5.79. The second-order valence-corrected chi connectivity index (χ2v) is 5.79. The van der Waals surface area contributed by atoms with Crippen LogP contribution in [0.15, 0.2) is 72.8 Å². The molecule has 3 aromatic rings. The molecule has 4 rings (SSSR count). The Hall–Kier alpha value is -3.60. The molecule has 0 spiro atoms. The highest BCUT2D eigenvalue weighted by atomic mass is 16.2. The summed E-state index contributed by atoms with van der Waals surface area (Å²) in [4.78, 5) is 26.3. The van der Waals surface area contributed by atoms with E-state index in [0.29, 0.717) is 22.5 Å². The Morgan fingerprint density at radius 3 is 2.08 bits per heavy atom. The first-order valence-electron chi connectivity index (χ1n) is 7.84. The van der Waals surface area contributed by atoms with Gasteiger partial charge in [-0.25, -0.2) is 4.90 Å². The molecule has 0 saturated heterocycles. The fraction of sp³-hybridized carbons (Fsp3) is 0. The largest absolute Gasteiger partial charge is 0.399 e. The fourth-order valence-corrected chi connectivity index (χ4v) is 2.87. The summed E-state index contributed by atoms with van der Waals surface area (Å²) < 4.78 is 0. The van der Waals surface area contributed by atoms with E-state index < -0.39 is 0 Å². The van der Waals surface area contributed by atoms with Crippen LogP contribution in [0.5, 0.6) is 0 Å². The minimum atomic E-state index is -0.351. The molecular formula is C20H15N3O2. The Balaban J connectivity index is 1.61. The molecule has 0 atom stereocenters. The number of fused-ring (bicyclic) bond motifs is 1. The standard InChI is InChI=1S/C20H15N3O2/c21-13-6-11-17-18(12-13)20(25)23(19(17)24)16-9-7-15(8-10-16)22-14-4-2-1-3-5-14/h1-12,22H,21H2. The van der Waals surface area contributed by atoms with Gasteiger partial charge in [-0.3, -0.25) is 9.59 Å². The van der Waals surface area contributed by atoms with E-state index in [0.717, 1.165) is 11.4 Å². The fourth-order valence-electron chi connectivity index (χ4n) is 2.87. The Morgan fingerprint density at radius 1 is 0.720 bits per heavy atom. The summed E-state index contributed by atoms with van der Waals surface area (Å²) in [6.45, 7) is 0. The number of carbonyl (C=O) groups excluding carboxylic acids is 2. The number of nitrogen functional groups attached to an aromatic ring is 1. The summed E-state index contributed by atoms with van der Waals surface area (Å²) in [5.41, 5.74) is 9.28. The summed E-state index contributed by atoms with van der Waals surface area (Å²) in [6, 6.07) is 21.7. The highest BCUT2D eigenvalue weighted by Gasteiger charge is 2.36. The summed E-state index contributed by atoms with van der Waals surface area (Å²) in [7, 11) is 0. The van der Waals surface area contributed by atoms with Crippen LogP contribution in [-0.2, 0) is 0 Å². The topological polar surface area (TPSA) is 75.4 Å². The molecule has 1 aliphatic heterocycles. The van der Waals surface area contributed by atoms with Crippen molar-refractivity contribution in [2.75, 3.05) is 16.0 Å². The molecule has 3 aromatic carbocycles. The summed E-state index contributed by atoms with van der Waals surface area (Å²) >= 11 is 0. The van der Waals surface area contributed by atoms with E-state index in [-0.39, 0.29) is 11.8 Å². The van der Waals surface area contributed by atoms with Crippen molar-refractivity contribution in [3.63, 3.8) is 0 Å². The lowest BCUT2D eigenvalue weighted by molar-refractivity contribution is 0.0926. The first-order valence-corrected chi connectivity index (χ1v) is 7.84. The van der Waals surface area contributed by atoms with Crippen molar-refractivity contribution in [3.8, 4) is 0 Å². The van der Waals surface area contributed by atoms with Crippen molar-refractivity contribution in [2.24, 2.45) is 0 Å². The number of nitrogens with two attached hydrogens (primary N) is 1. The van der Waals surface area contributed by atoms with Crippen LogP contribution < -0.4 is 16.0 Å². The third-order valence-electron chi connectivity index (χ3n) is 4.10. The number of imide groups is 1. The second-order valence-electron chi connectivity index (χ2n) is 5.79. The number of hydrogen-bond donors (Lipinski definition) is 2. The number of anilines is 4. The molecule has 0 unspecified atom stereocenters. The van der Waals surface area contributed by atoms with Crippen LogP contribution in [0.25, 0.3) is 0 Å². The number of carbonyl (C=O) groups is 2. The van der Waals surface area contributed by atoms with Crippen molar-refractivity contribution in [1.82, 2.24) is 0 Å². The van der Waals surface area contributed by atoms with Crippen molar-refractivity contribution in [3.05, 3.63) is 83.9 Å². The molecule has 5 heteroatoms. The van der Waals surface area contributed by atoms with Crippen molar-refractivity contribution in [1.29, 1.82) is 0 Å². The summed E-state index contributed by atoms with van der Waals surface area (Å²) in [6.07, 6.45) is 0. The van der Waals surface area contributed by atoms with Gasteiger partial charge >= 0.3 is 0 Å². The number of benzene rings is 3. The van der Waals surface area contributed by atoms with Gasteiger partial charge in [0.25, 0.3) is 11.8 Å². The van der Waals surface area contributed by atoms with Crippen LogP contribution in [0.3, 0.4) is 0 Å². The quantitative estimate of drug-likeness (QED) is 0.566. The normalized spacial score (nSPS) is 13.0. The summed E-state index contributed by atoms with van der Waals surface area (Å²) in [5.74, 6) is -0.681. The minimum absolute atomic E-state index is 0.330. The minimum Gasteiger partial charge on any atom is -0.399 e. The highest BCUT2D eigenvalue weighted by molar-refractivity contribution is 6.34. The zero-order valence-corrected chi connectivity index (χ0v) is 13.3. The van der Waals surface area contributed by atoms with Crippen LogP contribution in [0.1, 0.15) is 20.7 Å². The molecule has 2 amide bonds. The van der Waals surface area contributed by atoms with Crippen molar-refractivity contribution < 1.29 is 9.59 Å². The average Bonchev–Trinajstić information content (AvgIpc) is 2.87. The van der Waals surface area contributed by atoms with Gasteiger partial charge in [0.2, 0.25) is 0 Å². The van der Waals surface area contributed by atoms with E-state index in [1.807, 2.05) is 42.5 Å². The molecule has 0 aliphatic carbocycles. The number of rotatable bonds is 3. The molecule has 3 N–H and O–H groups in total. The predicted molar refractivity (Wildman–Crippen MR) is 98.2 cm³/mol. The first-order chi connectivity index (χ1) is 12.1. The maximum Gasteiger partial charge on any atom is 0.266 e. The lowest BCUT2D eigenvalue weighted by Crippen LogP contribution is -2.29. The van der Waals surface area contributed by atoms with E-state index in [4.69, 9.17) is 5.73 Å². The molecule has 1 heterocycles. The van der Waals surface area contributed by atoms with E-state index in [1.165, 1.54) is 4.90 Å². The monoisotopic (exact) mass is 329 g/mol. The SMILES string of the molecule is Nc1ccc2c(c1)C(=O)N(c1ccc(Nc3ccccc3)cc1)C2=O. The Bertz CT molecular complexity index is 966. The van der Waals surface area contributed by atoms with Crippen LogP contribution >= 0.6 is 0 Å². The molecule has 0 radical (unpaired) electrons. The zero-order chi connectivity index (χ0) is 17.4. The van der Waals surface area contributed by atoms with E-state index >= 15 is 0 Å². The molecule has 0 fully saturated rings. The van der Waals surface area contributed by atoms with E-state index in [1.54, 1.807) is 30.3 Å². The van der Waals surface area contributed by atoms with Crippen LogP contribution in [0.2, 0.25) is 0 Å². The van der Waals surface area contributed by atoms with Gasteiger partial charge in [0.1, 0.15) is 0 Å². The van der Waals surface area contributed by atoms with Gasteiger partial charge in [0, 0.05) is 17.1 Å². The van der Waals surface area contributed by atoms with Gasteiger partial charge in [-0.2, -0.15) is 0 Å². The molecular weight excluding hydrogens is 314 g/mol. The van der Waals surface area contributed by atoms with Gasteiger partial charge in [-0.05, 0) is 54.6 Å². The van der Waals surface area contributed by atoms with Crippen LogP contribution in [0.4, 0.5) is 22.7 Å². The third-order valence-corrected chi connectivity index (χ3v) is 4.10. The highest BCUT2D eigenvalue weighted by Crippen LogP contribution is 2.30.